The molecule has 1 nitrogen and oxygen atoms in total. The first-order valence-corrected chi connectivity index (χ1v) is 7.60. The number of aliphatic hydroxyl groups excluding tert-OH is 1. The normalized spacial score (nSPS) is 30.7. The van der Waals surface area contributed by atoms with Crippen molar-refractivity contribution in [2.75, 3.05) is 6.61 Å². The molecule has 2 bridgehead atoms. The number of aliphatic hydroxyl groups is 1. The number of hydrogen-bond donors (Lipinski definition) is 1. The van der Waals surface area contributed by atoms with E-state index in [1.54, 1.807) is 0 Å². The summed E-state index contributed by atoms with van der Waals surface area (Å²) in [5.41, 5.74) is 1.14. The topological polar surface area (TPSA) is 20.2 Å². The highest BCUT2D eigenvalue weighted by Crippen LogP contribution is 2.50. The SMILES string of the molecule is OCC(Cc1ccc(F)cc1)CC1CC2CCC1C2. The van der Waals surface area contributed by atoms with E-state index in [9.17, 15) is 9.50 Å². The standard InChI is InChI=1S/C17H23FO/c18-17-5-2-12(3-6-17)7-14(11-19)10-16-9-13-1-4-15(16)8-13/h2-3,5-6,13-16,19H,1,4,7-11H2. The average Bonchev–Trinajstić information content (AvgIpc) is 3.03. The lowest BCUT2D eigenvalue weighted by molar-refractivity contribution is 0.178. The summed E-state index contributed by atoms with van der Waals surface area (Å²) in [6.07, 6.45) is 7.68. The molecule has 4 unspecified atom stereocenters. The highest BCUT2D eigenvalue weighted by molar-refractivity contribution is 5.16. The van der Waals surface area contributed by atoms with E-state index in [4.69, 9.17) is 0 Å². The highest BCUT2D eigenvalue weighted by atomic mass is 19.1. The van der Waals surface area contributed by atoms with Crippen LogP contribution in [0.4, 0.5) is 4.39 Å². The van der Waals surface area contributed by atoms with Crippen LogP contribution in [-0.4, -0.2) is 11.7 Å². The van der Waals surface area contributed by atoms with Gasteiger partial charge in [-0.05, 0) is 73.5 Å². The van der Waals surface area contributed by atoms with E-state index in [-0.39, 0.29) is 12.4 Å². The Hall–Kier alpha value is -0.890. The zero-order valence-electron chi connectivity index (χ0n) is 11.4. The number of rotatable bonds is 5. The molecule has 2 aliphatic rings. The van der Waals surface area contributed by atoms with E-state index in [1.807, 2.05) is 12.1 Å². The maximum atomic E-state index is 12.9. The second-order valence-electron chi connectivity index (χ2n) is 6.55. The maximum absolute atomic E-state index is 12.9. The van der Waals surface area contributed by atoms with Crippen LogP contribution in [0.15, 0.2) is 24.3 Å². The predicted octanol–water partition coefficient (Wildman–Crippen LogP) is 3.80. The van der Waals surface area contributed by atoms with Gasteiger partial charge in [0.1, 0.15) is 5.82 Å². The first-order valence-electron chi connectivity index (χ1n) is 7.60. The van der Waals surface area contributed by atoms with Crippen molar-refractivity contribution < 1.29 is 9.50 Å². The highest BCUT2D eigenvalue weighted by Gasteiger charge is 2.39. The summed E-state index contributed by atoms with van der Waals surface area (Å²) in [6.45, 7) is 0.255. The zero-order chi connectivity index (χ0) is 13.2. The summed E-state index contributed by atoms with van der Waals surface area (Å²) in [5.74, 6) is 2.89. The quantitative estimate of drug-likeness (QED) is 0.855. The number of halogens is 1. The first-order chi connectivity index (χ1) is 9.24. The van der Waals surface area contributed by atoms with Crippen molar-refractivity contribution in [2.24, 2.45) is 23.7 Å². The average molecular weight is 262 g/mol. The fourth-order valence-electron chi connectivity index (χ4n) is 4.27. The molecule has 3 rings (SSSR count). The van der Waals surface area contributed by atoms with Gasteiger partial charge in [0.15, 0.2) is 0 Å². The van der Waals surface area contributed by atoms with Crippen molar-refractivity contribution in [2.45, 2.75) is 38.5 Å². The summed E-state index contributed by atoms with van der Waals surface area (Å²) in [5, 5.41) is 9.60. The lowest BCUT2D eigenvalue weighted by Crippen LogP contribution is -2.19. The second-order valence-corrected chi connectivity index (χ2v) is 6.55. The van der Waals surface area contributed by atoms with E-state index >= 15 is 0 Å². The van der Waals surface area contributed by atoms with Crippen LogP contribution in [0, 0.1) is 29.5 Å². The largest absolute Gasteiger partial charge is 0.396 e. The Bertz CT molecular complexity index is 414. The van der Waals surface area contributed by atoms with E-state index in [0.29, 0.717) is 5.92 Å². The molecule has 0 spiro atoms. The molecule has 0 heterocycles. The maximum Gasteiger partial charge on any atom is 0.123 e. The van der Waals surface area contributed by atoms with Gasteiger partial charge in [-0.25, -0.2) is 4.39 Å². The van der Waals surface area contributed by atoms with Gasteiger partial charge in [-0.1, -0.05) is 18.6 Å². The van der Waals surface area contributed by atoms with Gasteiger partial charge in [0, 0.05) is 6.61 Å². The summed E-state index contributed by atoms with van der Waals surface area (Å²) >= 11 is 0. The minimum absolute atomic E-state index is 0.183. The van der Waals surface area contributed by atoms with Crippen molar-refractivity contribution in [3.8, 4) is 0 Å². The van der Waals surface area contributed by atoms with Crippen LogP contribution in [-0.2, 0) is 6.42 Å². The minimum atomic E-state index is -0.183. The van der Waals surface area contributed by atoms with Crippen LogP contribution < -0.4 is 0 Å². The van der Waals surface area contributed by atoms with Gasteiger partial charge in [-0.3, -0.25) is 0 Å². The van der Waals surface area contributed by atoms with Gasteiger partial charge in [0.25, 0.3) is 0 Å². The molecule has 0 aliphatic heterocycles. The Kier molecular flexibility index (Phi) is 3.88. The third kappa shape index (κ3) is 3.00. The molecular weight excluding hydrogens is 239 g/mol. The molecule has 1 N–H and O–H groups in total. The van der Waals surface area contributed by atoms with E-state index < -0.39 is 0 Å². The molecule has 4 atom stereocenters. The molecule has 2 saturated carbocycles. The van der Waals surface area contributed by atoms with Gasteiger partial charge in [0.2, 0.25) is 0 Å². The summed E-state index contributed by atoms with van der Waals surface area (Å²) < 4.78 is 12.9. The molecular formula is C17H23FO. The van der Waals surface area contributed by atoms with Crippen LogP contribution in [0.3, 0.4) is 0 Å². The smallest absolute Gasteiger partial charge is 0.123 e. The van der Waals surface area contributed by atoms with Gasteiger partial charge in [0.05, 0.1) is 0 Å². The fourth-order valence-corrected chi connectivity index (χ4v) is 4.27. The third-order valence-electron chi connectivity index (χ3n) is 5.22. The molecule has 0 saturated heterocycles. The molecule has 2 heteroatoms. The third-order valence-corrected chi connectivity index (χ3v) is 5.22. The molecule has 1 aromatic carbocycles. The van der Waals surface area contributed by atoms with Crippen LogP contribution in [0.2, 0.25) is 0 Å². The molecule has 0 amide bonds. The summed E-state index contributed by atoms with van der Waals surface area (Å²) in [6, 6.07) is 6.72. The Labute approximate surface area is 114 Å². The van der Waals surface area contributed by atoms with Crippen LogP contribution >= 0.6 is 0 Å². The van der Waals surface area contributed by atoms with Crippen LogP contribution in [0.1, 0.15) is 37.7 Å². The van der Waals surface area contributed by atoms with Crippen LogP contribution in [0.25, 0.3) is 0 Å². The van der Waals surface area contributed by atoms with Gasteiger partial charge in [-0.2, -0.15) is 0 Å². The van der Waals surface area contributed by atoms with Crippen molar-refractivity contribution in [1.29, 1.82) is 0 Å². The van der Waals surface area contributed by atoms with Gasteiger partial charge < -0.3 is 5.11 Å². The Morgan fingerprint density at radius 2 is 1.95 bits per heavy atom. The lowest BCUT2D eigenvalue weighted by atomic mass is 9.81. The van der Waals surface area contributed by atoms with E-state index in [0.717, 1.165) is 36.2 Å². The zero-order valence-corrected chi connectivity index (χ0v) is 11.4. The van der Waals surface area contributed by atoms with Crippen molar-refractivity contribution in [3.05, 3.63) is 35.6 Å². The Balaban J connectivity index is 1.57. The molecule has 2 fully saturated rings. The number of benzene rings is 1. The summed E-state index contributed by atoms with van der Waals surface area (Å²) in [4.78, 5) is 0. The Morgan fingerprint density at radius 1 is 1.16 bits per heavy atom. The molecule has 1 aromatic rings. The van der Waals surface area contributed by atoms with Crippen molar-refractivity contribution in [3.63, 3.8) is 0 Å². The molecule has 104 valence electrons. The fraction of sp³-hybridized carbons (Fsp3) is 0.647. The molecule has 0 radical (unpaired) electrons. The van der Waals surface area contributed by atoms with Crippen LogP contribution in [0.5, 0.6) is 0 Å². The van der Waals surface area contributed by atoms with Gasteiger partial charge in [-0.15, -0.1) is 0 Å². The van der Waals surface area contributed by atoms with E-state index in [1.165, 1.54) is 37.8 Å². The molecule has 19 heavy (non-hydrogen) atoms. The minimum Gasteiger partial charge on any atom is -0.396 e. The second kappa shape index (κ2) is 5.62. The first kappa shape index (κ1) is 13.1. The molecule has 2 aliphatic carbocycles. The predicted molar refractivity (Wildman–Crippen MR) is 74.2 cm³/mol. The molecule has 0 aromatic heterocycles. The monoisotopic (exact) mass is 262 g/mol. The van der Waals surface area contributed by atoms with Gasteiger partial charge >= 0.3 is 0 Å². The lowest BCUT2D eigenvalue weighted by Gasteiger charge is -2.25. The summed E-state index contributed by atoms with van der Waals surface area (Å²) in [7, 11) is 0. The number of hydrogen-bond acceptors (Lipinski definition) is 1. The number of fused-ring (bicyclic) bond motifs is 2. The Morgan fingerprint density at radius 3 is 2.53 bits per heavy atom. The van der Waals surface area contributed by atoms with Crippen molar-refractivity contribution >= 4 is 0 Å². The van der Waals surface area contributed by atoms with E-state index in [2.05, 4.69) is 0 Å². The van der Waals surface area contributed by atoms with Crippen molar-refractivity contribution in [1.82, 2.24) is 0 Å².